The van der Waals surface area contributed by atoms with Gasteiger partial charge in [0.25, 0.3) is 0 Å². The van der Waals surface area contributed by atoms with E-state index in [2.05, 4.69) is 35.0 Å². The molecule has 1 saturated heterocycles. The molecule has 1 fully saturated rings. The van der Waals surface area contributed by atoms with Crippen LogP contribution in [-0.2, 0) is 0 Å². The zero-order valence-electron chi connectivity index (χ0n) is 20.9. The van der Waals surface area contributed by atoms with Gasteiger partial charge in [-0.25, -0.2) is 19.9 Å². The number of fused-ring (bicyclic) bond motifs is 2. The average Bonchev–Trinajstić information content (AvgIpc) is 3.74. The summed E-state index contributed by atoms with van der Waals surface area (Å²) in [5.41, 5.74) is 7.04. The second kappa shape index (κ2) is 9.34. The van der Waals surface area contributed by atoms with Gasteiger partial charge in [-0.3, -0.25) is 15.0 Å². The van der Waals surface area contributed by atoms with Crippen molar-refractivity contribution in [2.75, 3.05) is 26.2 Å². The van der Waals surface area contributed by atoms with E-state index in [1.165, 1.54) is 12.8 Å². The Balaban J connectivity index is 1.20. The molecule has 38 heavy (non-hydrogen) atoms. The van der Waals surface area contributed by atoms with Crippen molar-refractivity contribution in [3.63, 3.8) is 0 Å². The predicted octanol–water partition coefficient (Wildman–Crippen LogP) is 3.93. The van der Waals surface area contributed by atoms with Gasteiger partial charge < -0.3 is 14.3 Å². The SMILES string of the molecule is Cc1cn(-c2ccnc3nc(-c4n[nH]c5ccc(-c6cncc(OCCN7CCCC7)c6)nc45)[nH]c23)cn1. The highest BCUT2D eigenvalue weighted by Crippen LogP contribution is 2.29. The third-order valence-electron chi connectivity index (χ3n) is 6.88. The Morgan fingerprint density at radius 2 is 1.97 bits per heavy atom. The third kappa shape index (κ3) is 4.16. The van der Waals surface area contributed by atoms with Crippen LogP contribution in [0.25, 0.3) is 50.7 Å². The average molecular weight is 507 g/mol. The van der Waals surface area contributed by atoms with Crippen LogP contribution in [0.3, 0.4) is 0 Å². The first-order valence-corrected chi connectivity index (χ1v) is 12.7. The fourth-order valence-electron chi connectivity index (χ4n) is 4.94. The molecular formula is C27H26N10O. The molecule has 0 bridgehead atoms. The highest BCUT2D eigenvalue weighted by molar-refractivity contribution is 5.92. The van der Waals surface area contributed by atoms with Gasteiger partial charge in [0.15, 0.2) is 17.2 Å². The largest absolute Gasteiger partial charge is 0.491 e. The zero-order valence-corrected chi connectivity index (χ0v) is 20.9. The van der Waals surface area contributed by atoms with Crippen LogP contribution in [0.5, 0.6) is 5.75 Å². The van der Waals surface area contributed by atoms with E-state index in [1.807, 2.05) is 42.0 Å². The molecule has 0 atom stereocenters. The summed E-state index contributed by atoms with van der Waals surface area (Å²) in [6.07, 6.45) is 11.6. The Morgan fingerprint density at radius 3 is 2.84 bits per heavy atom. The Labute approximate surface area is 218 Å². The number of rotatable bonds is 7. The van der Waals surface area contributed by atoms with Gasteiger partial charge in [-0.05, 0) is 57.1 Å². The Kier molecular flexibility index (Phi) is 5.54. The minimum atomic E-state index is 0.588. The molecule has 0 spiro atoms. The molecule has 0 unspecified atom stereocenters. The van der Waals surface area contributed by atoms with Crippen molar-refractivity contribution in [3.8, 4) is 34.2 Å². The molecule has 7 heterocycles. The van der Waals surface area contributed by atoms with Gasteiger partial charge in [-0.2, -0.15) is 5.10 Å². The predicted molar refractivity (Wildman–Crippen MR) is 143 cm³/mol. The number of pyridine rings is 3. The fourth-order valence-corrected chi connectivity index (χ4v) is 4.94. The van der Waals surface area contributed by atoms with Crippen molar-refractivity contribution in [1.82, 2.24) is 49.6 Å². The molecule has 2 N–H and O–H groups in total. The highest BCUT2D eigenvalue weighted by Gasteiger charge is 2.18. The number of H-pyrrole nitrogens is 2. The first-order valence-electron chi connectivity index (χ1n) is 12.7. The van der Waals surface area contributed by atoms with Crippen molar-refractivity contribution in [2.45, 2.75) is 19.8 Å². The number of likely N-dealkylation sites (tertiary alicyclic amines) is 1. The number of ether oxygens (including phenoxy) is 1. The van der Waals surface area contributed by atoms with Gasteiger partial charge in [0.2, 0.25) is 0 Å². The molecule has 1 aliphatic heterocycles. The van der Waals surface area contributed by atoms with E-state index >= 15 is 0 Å². The van der Waals surface area contributed by atoms with Crippen LogP contribution in [0.15, 0.2) is 55.4 Å². The van der Waals surface area contributed by atoms with E-state index < -0.39 is 0 Å². The quantitative estimate of drug-likeness (QED) is 0.334. The maximum Gasteiger partial charge on any atom is 0.180 e. The summed E-state index contributed by atoms with van der Waals surface area (Å²) >= 11 is 0. The molecule has 7 rings (SSSR count). The lowest BCUT2D eigenvalue weighted by molar-refractivity contribution is 0.237. The first kappa shape index (κ1) is 22.5. The molecule has 0 aromatic carbocycles. The second-order valence-corrected chi connectivity index (χ2v) is 9.51. The van der Waals surface area contributed by atoms with Crippen molar-refractivity contribution < 1.29 is 4.74 Å². The minimum absolute atomic E-state index is 0.588. The molecule has 11 heteroatoms. The van der Waals surface area contributed by atoms with Gasteiger partial charge in [0.05, 0.1) is 35.1 Å². The molecular weight excluding hydrogens is 480 g/mol. The molecule has 6 aromatic heterocycles. The van der Waals surface area contributed by atoms with Crippen LogP contribution in [0.1, 0.15) is 18.5 Å². The summed E-state index contributed by atoms with van der Waals surface area (Å²) < 4.78 is 7.95. The summed E-state index contributed by atoms with van der Waals surface area (Å²) in [7, 11) is 0. The maximum atomic E-state index is 6.00. The number of hydrogen-bond donors (Lipinski definition) is 2. The van der Waals surface area contributed by atoms with E-state index in [0.717, 1.165) is 59.1 Å². The molecule has 190 valence electrons. The van der Waals surface area contributed by atoms with Gasteiger partial charge in [0, 0.05) is 30.7 Å². The van der Waals surface area contributed by atoms with Crippen LogP contribution >= 0.6 is 0 Å². The lowest BCUT2D eigenvalue weighted by Crippen LogP contribution is -2.25. The van der Waals surface area contributed by atoms with Crippen LogP contribution in [0.4, 0.5) is 0 Å². The highest BCUT2D eigenvalue weighted by atomic mass is 16.5. The lowest BCUT2D eigenvalue weighted by Gasteiger charge is -2.15. The Morgan fingerprint density at radius 1 is 1.05 bits per heavy atom. The zero-order chi connectivity index (χ0) is 25.5. The molecule has 0 amide bonds. The van der Waals surface area contributed by atoms with Crippen LogP contribution in [0.2, 0.25) is 0 Å². The number of nitrogens with zero attached hydrogens (tertiary/aromatic N) is 8. The van der Waals surface area contributed by atoms with Crippen molar-refractivity contribution >= 4 is 22.2 Å². The topological polar surface area (TPSA) is 126 Å². The summed E-state index contributed by atoms with van der Waals surface area (Å²) in [6.45, 7) is 5.85. The van der Waals surface area contributed by atoms with Crippen LogP contribution in [0, 0.1) is 6.92 Å². The molecule has 0 aliphatic carbocycles. The van der Waals surface area contributed by atoms with Crippen molar-refractivity contribution in [2.24, 2.45) is 0 Å². The number of aryl methyl sites for hydroxylation is 1. The van der Waals surface area contributed by atoms with E-state index in [1.54, 1.807) is 24.9 Å². The van der Waals surface area contributed by atoms with Crippen LogP contribution < -0.4 is 4.74 Å². The van der Waals surface area contributed by atoms with E-state index in [0.29, 0.717) is 29.3 Å². The van der Waals surface area contributed by atoms with Gasteiger partial charge in [-0.15, -0.1) is 0 Å². The lowest BCUT2D eigenvalue weighted by atomic mass is 10.1. The minimum Gasteiger partial charge on any atom is -0.491 e. The van der Waals surface area contributed by atoms with Crippen molar-refractivity contribution in [3.05, 3.63) is 61.1 Å². The van der Waals surface area contributed by atoms with Gasteiger partial charge >= 0.3 is 0 Å². The van der Waals surface area contributed by atoms with Crippen molar-refractivity contribution in [1.29, 1.82) is 0 Å². The summed E-state index contributed by atoms with van der Waals surface area (Å²) in [6, 6.07) is 7.83. The van der Waals surface area contributed by atoms with Gasteiger partial charge in [0.1, 0.15) is 23.4 Å². The van der Waals surface area contributed by atoms with Crippen LogP contribution in [-0.4, -0.2) is 75.8 Å². The number of hydrogen-bond acceptors (Lipinski definition) is 8. The molecule has 11 nitrogen and oxygen atoms in total. The maximum absolute atomic E-state index is 6.00. The number of aromatic amines is 2. The fraction of sp³-hybridized carbons (Fsp3) is 0.259. The first-order chi connectivity index (χ1) is 18.7. The summed E-state index contributed by atoms with van der Waals surface area (Å²) in [5, 5.41) is 7.60. The van der Waals surface area contributed by atoms with E-state index in [4.69, 9.17) is 14.7 Å². The Bertz CT molecular complexity index is 1740. The molecule has 0 radical (unpaired) electrons. The van der Waals surface area contributed by atoms with E-state index in [-0.39, 0.29) is 0 Å². The van der Waals surface area contributed by atoms with E-state index in [9.17, 15) is 0 Å². The number of imidazole rings is 2. The molecule has 0 saturated carbocycles. The standard InChI is InChI=1S/C27H26N10O/c1-17-15-37(16-30-17)22-6-7-29-26-24(22)32-27(33-26)25-23-21(34-35-25)5-4-20(31-23)18-12-19(14-28-13-18)38-11-10-36-8-2-3-9-36/h4-7,12-16H,2-3,8-11H2,1H3,(H,34,35)(H,29,32,33). The number of aromatic nitrogens is 9. The summed E-state index contributed by atoms with van der Waals surface area (Å²) in [5.74, 6) is 1.33. The van der Waals surface area contributed by atoms with Gasteiger partial charge in [-0.1, -0.05) is 0 Å². The monoisotopic (exact) mass is 506 g/mol. The molecule has 1 aliphatic rings. The smallest absolute Gasteiger partial charge is 0.180 e. The molecule has 6 aromatic rings. The third-order valence-corrected chi connectivity index (χ3v) is 6.88. The summed E-state index contributed by atoms with van der Waals surface area (Å²) in [4.78, 5) is 28.7. The number of nitrogens with one attached hydrogen (secondary N) is 2. The Hall–Kier alpha value is -4.64. The second-order valence-electron chi connectivity index (χ2n) is 9.51. The normalized spacial score (nSPS) is 14.1.